The lowest BCUT2D eigenvalue weighted by Crippen LogP contribution is -2.38. The molecule has 10 heteroatoms. The quantitative estimate of drug-likeness (QED) is 0.256. The van der Waals surface area contributed by atoms with Gasteiger partial charge in [0.05, 0.1) is 16.3 Å². The highest BCUT2D eigenvalue weighted by molar-refractivity contribution is 7.99. The van der Waals surface area contributed by atoms with Crippen LogP contribution in [-0.2, 0) is 14.8 Å². The predicted octanol–water partition coefficient (Wildman–Crippen LogP) is 5.34. The van der Waals surface area contributed by atoms with Crippen LogP contribution in [0.5, 0.6) is 0 Å². The van der Waals surface area contributed by atoms with E-state index >= 15 is 0 Å². The van der Waals surface area contributed by atoms with Crippen LogP contribution in [0.15, 0.2) is 82.8 Å². The largest absolute Gasteiger partial charge is 0.309 e. The van der Waals surface area contributed by atoms with E-state index in [4.69, 9.17) is 0 Å². The maximum absolute atomic E-state index is 13.4. The van der Waals surface area contributed by atoms with Crippen LogP contribution in [0.3, 0.4) is 0 Å². The molecule has 39 heavy (non-hydrogen) atoms. The molecule has 0 N–H and O–H groups in total. The van der Waals surface area contributed by atoms with E-state index in [0.29, 0.717) is 16.5 Å². The number of nitrogens with zero attached hydrogens (tertiary/aromatic N) is 5. The molecule has 0 aliphatic carbocycles. The van der Waals surface area contributed by atoms with Crippen molar-refractivity contribution in [1.82, 2.24) is 19.1 Å². The lowest BCUT2D eigenvalue weighted by Gasteiger charge is -2.26. The van der Waals surface area contributed by atoms with Gasteiger partial charge in [0, 0.05) is 31.4 Å². The first-order chi connectivity index (χ1) is 18.5. The molecule has 4 rings (SSSR count). The van der Waals surface area contributed by atoms with Crippen molar-refractivity contribution in [2.75, 3.05) is 24.7 Å². The van der Waals surface area contributed by atoms with E-state index < -0.39 is 10.0 Å². The second-order valence-corrected chi connectivity index (χ2v) is 12.8. The normalized spacial score (nSPS) is 11.8. The Morgan fingerprint density at radius 1 is 0.923 bits per heavy atom. The first-order valence-corrected chi connectivity index (χ1v) is 15.0. The molecule has 0 saturated carbocycles. The molecule has 0 aliphatic rings. The Hall–Kier alpha value is -3.47. The Morgan fingerprint density at radius 3 is 2.18 bits per heavy atom. The molecule has 0 radical (unpaired) electrons. The van der Waals surface area contributed by atoms with Crippen molar-refractivity contribution in [1.29, 1.82) is 0 Å². The molecular weight excluding hydrogens is 530 g/mol. The summed E-state index contributed by atoms with van der Waals surface area (Å²) >= 11 is 1.31. The SMILES string of the molecule is Cc1cccc(C)c1-n1c(SCC(=O)N(c2ccccc2)C(C)C)nnc1-c1cccc(S(=O)(=O)N(C)C)c1. The van der Waals surface area contributed by atoms with Gasteiger partial charge in [-0.1, -0.05) is 60.3 Å². The van der Waals surface area contributed by atoms with Crippen molar-refractivity contribution in [2.24, 2.45) is 0 Å². The molecule has 0 unspecified atom stereocenters. The van der Waals surface area contributed by atoms with Crippen molar-refractivity contribution < 1.29 is 13.2 Å². The minimum Gasteiger partial charge on any atom is -0.309 e. The molecule has 204 valence electrons. The third kappa shape index (κ3) is 5.93. The molecule has 0 fully saturated rings. The van der Waals surface area contributed by atoms with E-state index in [2.05, 4.69) is 10.2 Å². The summed E-state index contributed by atoms with van der Waals surface area (Å²) in [4.78, 5) is 15.4. The summed E-state index contributed by atoms with van der Waals surface area (Å²) < 4.78 is 28.8. The summed E-state index contributed by atoms with van der Waals surface area (Å²) in [6, 6.07) is 22.3. The standard InChI is InChI=1S/C29H33N5O3S2/c1-20(2)33(24-15-8-7-9-16-24)26(35)19-38-29-31-30-28(34(29)27-21(3)12-10-13-22(27)4)23-14-11-17-25(18-23)39(36,37)32(5)6/h7-18,20H,19H2,1-6H3. The lowest BCUT2D eigenvalue weighted by atomic mass is 10.1. The van der Waals surface area contributed by atoms with Gasteiger partial charge in [-0.15, -0.1) is 10.2 Å². The van der Waals surface area contributed by atoms with Gasteiger partial charge in [0.1, 0.15) is 0 Å². The van der Waals surface area contributed by atoms with Crippen LogP contribution in [0.4, 0.5) is 5.69 Å². The first-order valence-electron chi connectivity index (χ1n) is 12.6. The number of carbonyl (C=O) groups excluding carboxylic acids is 1. The number of aryl methyl sites for hydroxylation is 2. The maximum Gasteiger partial charge on any atom is 0.242 e. The molecule has 1 heterocycles. The Morgan fingerprint density at radius 2 is 1.56 bits per heavy atom. The first kappa shape index (κ1) is 28.5. The summed E-state index contributed by atoms with van der Waals surface area (Å²) in [5.41, 5.74) is 4.37. The summed E-state index contributed by atoms with van der Waals surface area (Å²) in [6.45, 7) is 7.99. The van der Waals surface area contributed by atoms with E-state index in [-0.39, 0.29) is 22.6 Å². The summed E-state index contributed by atoms with van der Waals surface area (Å²) in [5.74, 6) is 0.616. The zero-order valence-electron chi connectivity index (χ0n) is 23.0. The van der Waals surface area contributed by atoms with Crippen LogP contribution in [-0.4, -0.2) is 59.3 Å². The van der Waals surface area contributed by atoms with Gasteiger partial charge in [0.2, 0.25) is 15.9 Å². The molecule has 3 aromatic carbocycles. The van der Waals surface area contributed by atoms with Crippen molar-refractivity contribution in [2.45, 2.75) is 43.8 Å². The average Bonchev–Trinajstić information content (AvgIpc) is 3.31. The molecule has 1 aromatic heterocycles. The van der Waals surface area contributed by atoms with Gasteiger partial charge in [-0.3, -0.25) is 9.36 Å². The van der Waals surface area contributed by atoms with Crippen LogP contribution in [0, 0.1) is 13.8 Å². The fraction of sp³-hybridized carbons (Fsp3) is 0.276. The lowest BCUT2D eigenvalue weighted by molar-refractivity contribution is -0.116. The number of thioether (sulfide) groups is 1. The third-order valence-electron chi connectivity index (χ3n) is 6.31. The topological polar surface area (TPSA) is 88.4 Å². The molecular formula is C29H33N5O3S2. The van der Waals surface area contributed by atoms with E-state index in [0.717, 1.165) is 22.5 Å². The van der Waals surface area contributed by atoms with Gasteiger partial charge in [-0.25, -0.2) is 12.7 Å². The van der Waals surface area contributed by atoms with Crippen molar-refractivity contribution in [3.63, 3.8) is 0 Å². The Labute approximate surface area is 234 Å². The third-order valence-corrected chi connectivity index (χ3v) is 9.04. The second-order valence-electron chi connectivity index (χ2n) is 9.68. The minimum atomic E-state index is -3.64. The number of amides is 1. The van der Waals surface area contributed by atoms with E-state index in [1.165, 1.54) is 30.2 Å². The average molecular weight is 564 g/mol. The number of sulfonamides is 1. The van der Waals surface area contributed by atoms with Gasteiger partial charge in [0.15, 0.2) is 11.0 Å². The zero-order valence-corrected chi connectivity index (χ0v) is 24.6. The van der Waals surface area contributed by atoms with Crippen LogP contribution in [0.25, 0.3) is 17.1 Å². The zero-order chi connectivity index (χ0) is 28.3. The molecule has 1 amide bonds. The van der Waals surface area contributed by atoms with Gasteiger partial charge >= 0.3 is 0 Å². The predicted molar refractivity (Wildman–Crippen MR) is 157 cm³/mol. The molecule has 4 aromatic rings. The number of anilines is 1. The van der Waals surface area contributed by atoms with Crippen LogP contribution >= 0.6 is 11.8 Å². The smallest absolute Gasteiger partial charge is 0.242 e. The van der Waals surface area contributed by atoms with Gasteiger partial charge in [-0.05, 0) is 63.1 Å². The number of rotatable bonds is 9. The molecule has 0 aliphatic heterocycles. The molecule has 0 saturated heterocycles. The molecule has 0 spiro atoms. The number of hydrogen-bond donors (Lipinski definition) is 0. The van der Waals surface area contributed by atoms with Crippen molar-refractivity contribution in [3.05, 3.63) is 83.9 Å². The summed E-state index contributed by atoms with van der Waals surface area (Å²) in [7, 11) is -0.634. The molecule has 8 nitrogen and oxygen atoms in total. The maximum atomic E-state index is 13.4. The summed E-state index contributed by atoms with van der Waals surface area (Å²) in [5, 5.41) is 9.51. The molecule has 0 atom stereocenters. The van der Waals surface area contributed by atoms with E-state index in [1.54, 1.807) is 23.1 Å². The number of hydrogen-bond acceptors (Lipinski definition) is 6. The van der Waals surface area contributed by atoms with Gasteiger partial charge < -0.3 is 4.90 Å². The Bertz CT molecular complexity index is 1560. The fourth-order valence-electron chi connectivity index (χ4n) is 4.43. The Balaban J connectivity index is 1.77. The number of benzene rings is 3. The number of carbonyl (C=O) groups is 1. The van der Waals surface area contributed by atoms with E-state index in [9.17, 15) is 13.2 Å². The fourth-order valence-corrected chi connectivity index (χ4v) is 6.18. The highest BCUT2D eigenvalue weighted by Crippen LogP contribution is 2.33. The number of aromatic nitrogens is 3. The Kier molecular flexibility index (Phi) is 8.58. The van der Waals surface area contributed by atoms with Gasteiger partial charge in [0.25, 0.3) is 0 Å². The number of para-hydroxylation sites is 2. The monoisotopic (exact) mass is 563 g/mol. The van der Waals surface area contributed by atoms with Crippen LogP contribution in [0.2, 0.25) is 0 Å². The highest BCUT2D eigenvalue weighted by atomic mass is 32.2. The minimum absolute atomic E-state index is 0.0195. The van der Waals surface area contributed by atoms with Gasteiger partial charge in [-0.2, -0.15) is 0 Å². The van der Waals surface area contributed by atoms with E-state index in [1.807, 2.05) is 86.9 Å². The highest BCUT2D eigenvalue weighted by Gasteiger charge is 2.24. The van der Waals surface area contributed by atoms with Crippen LogP contribution < -0.4 is 4.90 Å². The second kappa shape index (κ2) is 11.7. The van der Waals surface area contributed by atoms with Crippen LogP contribution in [0.1, 0.15) is 25.0 Å². The summed E-state index contributed by atoms with van der Waals surface area (Å²) in [6.07, 6.45) is 0. The van der Waals surface area contributed by atoms with Crippen molar-refractivity contribution in [3.8, 4) is 17.1 Å². The molecule has 0 bridgehead atoms. The van der Waals surface area contributed by atoms with Crippen molar-refractivity contribution >= 4 is 33.4 Å².